The highest BCUT2D eigenvalue weighted by molar-refractivity contribution is 9.10. The largest absolute Gasteiger partial charge is 0.493 e. The Bertz CT molecular complexity index is 943. The van der Waals surface area contributed by atoms with E-state index in [1.54, 1.807) is 7.11 Å². The lowest BCUT2D eigenvalue weighted by molar-refractivity contribution is 0.281. The van der Waals surface area contributed by atoms with Gasteiger partial charge in [-0.2, -0.15) is 0 Å². The normalized spacial score (nSPS) is 11.9. The summed E-state index contributed by atoms with van der Waals surface area (Å²) in [6.45, 7) is 5.62. The third kappa shape index (κ3) is 6.35. The molecule has 4 heteroatoms. The van der Waals surface area contributed by atoms with E-state index in [4.69, 9.17) is 9.47 Å². The Balaban J connectivity index is 1.58. The maximum absolute atomic E-state index is 6.10. The Labute approximate surface area is 188 Å². The van der Waals surface area contributed by atoms with Gasteiger partial charge < -0.3 is 14.8 Å². The van der Waals surface area contributed by atoms with Crippen LogP contribution in [0.1, 0.15) is 35.6 Å². The molecule has 0 saturated carbocycles. The van der Waals surface area contributed by atoms with Gasteiger partial charge in [0.2, 0.25) is 0 Å². The number of methoxy groups -OCH3 is 1. The highest BCUT2D eigenvalue weighted by Gasteiger charge is 2.13. The molecular formula is C26H30BrNO2. The van der Waals surface area contributed by atoms with Gasteiger partial charge in [-0.1, -0.05) is 54.6 Å². The minimum atomic E-state index is 0.423. The minimum absolute atomic E-state index is 0.423. The molecule has 0 radical (unpaired) electrons. The first-order chi connectivity index (χ1) is 14.6. The molecule has 0 aliphatic heterocycles. The fourth-order valence-corrected chi connectivity index (χ4v) is 3.96. The van der Waals surface area contributed by atoms with Crippen LogP contribution in [-0.4, -0.2) is 13.2 Å². The summed E-state index contributed by atoms with van der Waals surface area (Å²) in [5.41, 5.74) is 4.93. The monoisotopic (exact) mass is 467 g/mol. The fourth-order valence-electron chi connectivity index (χ4n) is 3.36. The van der Waals surface area contributed by atoms with Crippen molar-refractivity contribution in [3.05, 3.63) is 93.5 Å². The molecule has 0 saturated heterocycles. The zero-order valence-corrected chi connectivity index (χ0v) is 19.5. The molecule has 1 atom stereocenters. The first kappa shape index (κ1) is 22.4. The number of hydrogen-bond acceptors (Lipinski definition) is 3. The Morgan fingerprint density at radius 2 is 1.70 bits per heavy atom. The van der Waals surface area contributed by atoms with E-state index in [9.17, 15) is 0 Å². The molecule has 0 bridgehead atoms. The lowest BCUT2D eigenvalue weighted by Gasteiger charge is -2.17. The van der Waals surface area contributed by atoms with Crippen LogP contribution in [-0.2, 0) is 19.6 Å². The molecule has 0 fully saturated rings. The molecule has 30 heavy (non-hydrogen) atoms. The molecular weight excluding hydrogens is 438 g/mol. The van der Waals surface area contributed by atoms with Crippen LogP contribution in [0.5, 0.6) is 11.5 Å². The summed E-state index contributed by atoms with van der Waals surface area (Å²) in [5.74, 6) is 1.48. The molecule has 1 N–H and O–H groups in total. The maximum atomic E-state index is 6.10. The second kappa shape index (κ2) is 11.2. The number of halogens is 1. The van der Waals surface area contributed by atoms with Crippen LogP contribution in [0.4, 0.5) is 0 Å². The molecule has 0 aromatic heterocycles. The number of nitrogens with one attached hydrogen (secondary N) is 1. The van der Waals surface area contributed by atoms with Gasteiger partial charge >= 0.3 is 0 Å². The quantitative estimate of drug-likeness (QED) is 0.371. The summed E-state index contributed by atoms with van der Waals surface area (Å²) < 4.78 is 12.6. The molecule has 3 rings (SSSR count). The lowest BCUT2D eigenvalue weighted by Crippen LogP contribution is -2.26. The van der Waals surface area contributed by atoms with E-state index in [1.807, 2.05) is 12.1 Å². The predicted octanol–water partition coefficient (Wildman–Crippen LogP) is 6.46. The number of hydrogen-bond donors (Lipinski definition) is 1. The second-order valence-corrected chi connectivity index (χ2v) is 8.48. The second-order valence-electron chi connectivity index (χ2n) is 7.63. The summed E-state index contributed by atoms with van der Waals surface area (Å²) in [7, 11) is 1.68. The number of aryl methyl sites for hydroxylation is 2. The van der Waals surface area contributed by atoms with Crippen molar-refractivity contribution in [1.29, 1.82) is 0 Å². The third-order valence-electron chi connectivity index (χ3n) is 5.29. The number of rotatable bonds is 10. The average molecular weight is 468 g/mol. The van der Waals surface area contributed by atoms with E-state index in [0.29, 0.717) is 12.6 Å². The molecule has 0 spiro atoms. The lowest BCUT2D eigenvalue weighted by atomic mass is 10.1. The summed E-state index contributed by atoms with van der Waals surface area (Å²) in [4.78, 5) is 0. The molecule has 0 aliphatic carbocycles. The van der Waals surface area contributed by atoms with Crippen LogP contribution in [0, 0.1) is 6.92 Å². The summed E-state index contributed by atoms with van der Waals surface area (Å²) in [6, 6.07) is 23.5. The highest BCUT2D eigenvalue weighted by Crippen LogP contribution is 2.37. The number of ether oxygens (including phenoxy) is 2. The van der Waals surface area contributed by atoms with Crippen LogP contribution >= 0.6 is 15.9 Å². The van der Waals surface area contributed by atoms with Crippen molar-refractivity contribution in [1.82, 2.24) is 5.32 Å². The van der Waals surface area contributed by atoms with Gasteiger partial charge in [0, 0.05) is 12.6 Å². The minimum Gasteiger partial charge on any atom is -0.493 e. The highest BCUT2D eigenvalue weighted by atomic mass is 79.9. The number of benzene rings is 3. The van der Waals surface area contributed by atoms with E-state index in [1.165, 1.54) is 16.7 Å². The van der Waals surface area contributed by atoms with Gasteiger partial charge in [0.05, 0.1) is 11.6 Å². The Hall–Kier alpha value is -2.30. The van der Waals surface area contributed by atoms with Crippen molar-refractivity contribution in [2.45, 2.75) is 45.9 Å². The molecule has 3 aromatic carbocycles. The average Bonchev–Trinajstić information content (AvgIpc) is 2.77. The molecule has 158 valence electrons. The van der Waals surface area contributed by atoms with E-state index >= 15 is 0 Å². The Morgan fingerprint density at radius 3 is 2.43 bits per heavy atom. The van der Waals surface area contributed by atoms with Crippen molar-refractivity contribution in [2.75, 3.05) is 7.11 Å². The smallest absolute Gasteiger partial charge is 0.175 e. The van der Waals surface area contributed by atoms with Crippen molar-refractivity contribution in [2.24, 2.45) is 0 Å². The van der Waals surface area contributed by atoms with Gasteiger partial charge in [0.1, 0.15) is 6.61 Å². The van der Waals surface area contributed by atoms with E-state index < -0.39 is 0 Å². The van der Waals surface area contributed by atoms with Gasteiger partial charge in [0.25, 0.3) is 0 Å². The standard InChI is InChI=1S/C26H30BrNO2/c1-19-9-7-8-12-23(19)18-30-26-24(27)15-22(16-25(26)29-3)17-28-20(2)13-14-21-10-5-4-6-11-21/h4-12,15-16,20,28H,13-14,17-18H2,1-3H3/t20-/m1/s1. The van der Waals surface area contributed by atoms with E-state index in [-0.39, 0.29) is 0 Å². The van der Waals surface area contributed by atoms with Crippen molar-refractivity contribution in [3.63, 3.8) is 0 Å². The Morgan fingerprint density at radius 1 is 0.967 bits per heavy atom. The maximum Gasteiger partial charge on any atom is 0.175 e. The first-order valence-corrected chi connectivity index (χ1v) is 11.2. The zero-order valence-electron chi connectivity index (χ0n) is 18.0. The molecule has 3 aromatic rings. The van der Waals surface area contributed by atoms with Crippen molar-refractivity contribution >= 4 is 15.9 Å². The van der Waals surface area contributed by atoms with Crippen LogP contribution < -0.4 is 14.8 Å². The molecule has 0 unspecified atom stereocenters. The predicted molar refractivity (Wildman–Crippen MR) is 127 cm³/mol. The topological polar surface area (TPSA) is 30.5 Å². The zero-order chi connectivity index (χ0) is 21.3. The van der Waals surface area contributed by atoms with Crippen LogP contribution in [0.3, 0.4) is 0 Å². The Kier molecular flexibility index (Phi) is 8.35. The molecule has 3 nitrogen and oxygen atoms in total. The van der Waals surface area contributed by atoms with Crippen LogP contribution in [0.25, 0.3) is 0 Å². The molecule has 0 aliphatic rings. The van der Waals surface area contributed by atoms with Gasteiger partial charge in [0.15, 0.2) is 11.5 Å². The molecule has 0 heterocycles. The van der Waals surface area contributed by atoms with Gasteiger partial charge in [-0.05, 0) is 77.0 Å². The first-order valence-electron chi connectivity index (χ1n) is 10.4. The summed E-state index contributed by atoms with van der Waals surface area (Å²) in [5, 5.41) is 3.62. The van der Waals surface area contributed by atoms with Crippen LogP contribution in [0.2, 0.25) is 0 Å². The third-order valence-corrected chi connectivity index (χ3v) is 5.88. The van der Waals surface area contributed by atoms with Gasteiger partial charge in [-0.3, -0.25) is 0 Å². The van der Waals surface area contributed by atoms with E-state index in [2.05, 4.69) is 89.7 Å². The SMILES string of the molecule is COc1cc(CN[C@H](C)CCc2ccccc2)cc(Br)c1OCc1ccccc1C. The van der Waals surface area contributed by atoms with Gasteiger partial charge in [-0.25, -0.2) is 0 Å². The van der Waals surface area contributed by atoms with E-state index in [0.717, 1.165) is 40.9 Å². The van der Waals surface area contributed by atoms with Crippen molar-refractivity contribution < 1.29 is 9.47 Å². The summed E-state index contributed by atoms with van der Waals surface area (Å²) in [6.07, 6.45) is 2.17. The van der Waals surface area contributed by atoms with Gasteiger partial charge in [-0.15, -0.1) is 0 Å². The summed E-state index contributed by atoms with van der Waals surface area (Å²) >= 11 is 3.67. The fraction of sp³-hybridized carbons (Fsp3) is 0.308. The van der Waals surface area contributed by atoms with Crippen LogP contribution in [0.15, 0.2) is 71.2 Å². The molecule has 0 amide bonds. The van der Waals surface area contributed by atoms with Crippen molar-refractivity contribution in [3.8, 4) is 11.5 Å².